The summed E-state index contributed by atoms with van der Waals surface area (Å²) in [5, 5.41) is 0. The van der Waals surface area contributed by atoms with Gasteiger partial charge >= 0.3 is 0 Å². The van der Waals surface area contributed by atoms with E-state index in [9.17, 15) is 0 Å². The highest BCUT2D eigenvalue weighted by Gasteiger charge is 2.43. The zero-order valence-corrected chi connectivity index (χ0v) is 48.4. The molecule has 0 amide bonds. The minimum absolute atomic E-state index is 0.00417. The molecule has 6 aromatic rings. The summed E-state index contributed by atoms with van der Waals surface area (Å²) in [6.45, 7) is 20.3. The summed E-state index contributed by atoms with van der Waals surface area (Å²) in [5.74, 6) is 4.93. The van der Waals surface area contributed by atoms with Gasteiger partial charge in [-0.15, -0.1) is 22.7 Å². The van der Waals surface area contributed by atoms with Gasteiger partial charge < -0.3 is 9.47 Å². The van der Waals surface area contributed by atoms with Crippen LogP contribution in [0.4, 0.5) is 0 Å². The van der Waals surface area contributed by atoms with Crippen molar-refractivity contribution in [3.8, 4) is 64.4 Å². The van der Waals surface area contributed by atoms with Gasteiger partial charge in [0.2, 0.25) is 0 Å². The van der Waals surface area contributed by atoms with Crippen LogP contribution in [0.3, 0.4) is 0 Å². The Labute approximate surface area is 453 Å². The molecular weight excluding hydrogens is 925 g/mol. The molecular formula is C69H94O2S2. The van der Waals surface area contributed by atoms with Crippen molar-refractivity contribution < 1.29 is 9.47 Å². The Morgan fingerprint density at radius 2 is 0.726 bits per heavy atom. The quantitative estimate of drug-likeness (QED) is 0.0375. The van der Waals surface area contributed by atoms with Gasteiger partial charge in [0, 0.05) is 24.9 Å². The third-order valence-electron chi connectivity index (χ3n) is 16.0. The lowest BCUT2D eigenvalue weighted by atomic mass is 9.70. The molecule has 0 saturated carbocycles. The molecule has 73 heavy (non-hydrogen) atoms. The molecule has 0 bridgehead atoms. The van der Waals surface area contributed by atoms with Crippen LogP contribution in [0.2, 0.25) is 0 Å². The van der Waals surface area contributed by atoms with E-state index in [-0.39, 0.29) is 5.41 Å². The summed E-state index contributed by atoms with van der Waals surface area (Å²) >= 11 is 3.85. The maximum atomic E-state index is 6.24. The second-order valence-electron chi connectivity index (χ2n) is 23.1. The maximum Gasteiger partial charge on any atom is 0.119 e. The zero-order chi connectivity index (χ0) is 51.4. The van der Waals surface area contributed by atoms with E-state index in [0.717, 1.165) is 49.4 Å². The van der Waals surface area contributed by atoms with Crippen LogP contribution in [0.5, 0.6) is 11.5 Å². The smallest absolute Gasteiger partial charge is 0.119 e. The normalized spacial score (nSPS) is 13.7. The zero-order valence-electron chi connectivity index (χ0n) is 46.8. The predicted molar refractivity (Wildman–Crippen MR) is 322 cm³/mol. The van der Waals surface area contributed by atoms with Crippen LogP contribution in [-0.4, -0.2) is 13.2 Å². The SMILES string of the molecule is CCCCCCCCC1(CCCCCCCC)c2cc(-c3ccc(-c4ccc(OCCC(C)CCCC(C)C)cc4)s3)ccc2-c2ccc(-c3ccc(-c4ccc(OCCC(C)CCCC(C)C)cc4)s3)cc21. The first-order valence-electron chi connectivity index (χ1n) is 29.5. The van der Waals surface area contributed by atoms with Crippen molar-refractivity contribution in [1.82, 2.24) is 0 Å². The molecule has 0 N–H and O–H groups in total. The predicted octanol–water partition coefficient (Wildman–Crippen LogP) is 22.7. The van der Waals surface area contributed by atoms with Crippen LogP contribution in [-0.2, 0) is 5.41 Å². The molecule has 0 spiro atoms. The third-order valence-corrected chi connectivity index (χ3v) is 18.4. The monoisotopic (exact) mass is 1020 g/mol. The van der Waals surface area contributed by atoms with Gasteiger partial charge in [-0.3, -0.25) is 0 Å². The third kappa shape index (κ3) is 16.4. The molecule has 2 atom stereocenters. The van der Waals surface area contributed by atoms with Crippen molar-refractivity contribution in [2.45, 2.75) is 202 Å². The van der Waals surface area contributed by atoms with E-state index in [1.165, 1.54) is 181 Å². The van der Waals surface area contributed by atoms with Crippen LogP contribution >= 0.6 is 22.7 Å². The van der Waals surface area contributed by atoms with Crippen LogP contribution in [0.25, 0.3) is 52.9 Å². The molecule has 0 radical (unpaired) electrons. The van der Waals surface area contributed by atoms with E-state index < -0.39 is 0 Å². The fourth-order valence-corrected chi connectivity index (χ4v) is 13.4. The molecule has 4 aromatic carbocycles. The topological polar surface area (TPSA) is 18.5 Å². The number of benzene rings is 4. The Hall–Kier alpha value is -4.12. The molecule has 0 saturated heterocycles. The van der Waals surface area contributed by atoms with Crippen molar-refractivity contribution in [1.29, 1.82) is 0 Å². The fourth-order valence-electron chi connectivity index (χ4n) is 11.4. The Morgan fingerprint density at radius 1 is 0.370 bits per heavy atom. The van der Waals surface area contributed by atoms with Gasteiger partial charge in [0.15, 0.2) is 0 Å². The molecule has 0 aliphatic heterocycles. The van der Waals surface area contributed by atoms with Crippen LogP contribution in [0.15, 0.2) is 109 Å². The Balaban J connectivity index is 1.11. The van der Waals surface area contributed by atoms with Gasteiger partial charge in [0.05, 0.1) is 13.2 Å². The molecule has 7 rings (SSSR count). The number of unbranched alkanes of at least 4 members (excludes halogenated alkanes) is 10. The summed E-state index contributed by atoms with van der Waals surface area (Å²) in [5.41, 5.74) is 11.3. The summed E-state index contributed by atoms with van der Waals surface area (Å²) < 4.78 is 12.5. The molecule has 2 unspecified atom stereocenters. The number of rotatable bonds is 34. The van der Waals surface area contributed by atoms with Crippen molar-refractivity contribution in [3.63, 3.8) is 0 Å². The molecule has 2 aromatic heterocycles. The molecule has 1 aliphatic carbocycles. The van der Waals surface area contributed by atoms with Gasteiger partial charge in [0.25, 0.3) is 0 Å². The van der Waals surface area contributed by atoms with Crippen LogP contribution < -0.4 is 9.47 Å². The summed E-state index contributed by atoms with van der Waals surface area (Å²) in [6.07, 6.45) is 28.3. The number of hydrogen-bond acceptors (Lipinski definition) is 4. The first-order chi connectivity index (χ1) is 35.6. The first-order valence-corrected chi connectivity index (χ1v) is 31.2. The fraction of sp³-hybridized carbons (Fsp3) is 0.536. The Morgan fingerprint density at radius 3 is 1.11 bits per heavy atom. The van der Waals surface area contributed by atoms with E-state index in [1.807, 2.05) is 22.7 Å². The van der Waals surface area contributed by atoms with E-state index in [2.05, 4.69) is 165 Å². The highest BCUT2D eigenvalue weighted by molar-refractivity contribution is 7.19. The van der Waals surface area contributed by atoms with Gasteiger partial charge in [-0.25, -0.2) is 0 Å². The largest absolute Gasteiger partial charge is 0.494 e. The molecule has 1 aliphatic rings. The van der Waals surface area contributed by atoms with Crippen molar-refractivity contribution >= 4 is 22.7 Å². The first kappa shape index (κ1) is 56.6. The molecule has 2 nitrogen and oxygen atoms in total. The average molecular weight is 1020 g/mol. The Bertz CT molecular complexity index is 2330. The number of ether oxygens (including phenoxy) is 2. The van der Waals surface area contributed by atoms with Crippen molar-refractivity contribution in [3.05, 3.63) is 120 Å². The summed E-state index contributed by atoms with van der Waals surface area (Å²) in [4.78, 5) is 5.32. The van der Waals surface area contributed by atoms with Gasteiger partial charge in [0.1, 0.15) is 11.5 Å². The minimum Gasteiger partial charge on any atom is -0.494 e. The minimum atomic E-state index is -0.00417. The highest BCUT2D eigenvalue weighted by Crippen LogP contribution is 2.56. The van der Waals surface area contributed by atoms with Gasteiger partial charge in [-0.1, -0.05) is 195 Å². The average Bonchev–Trinajstić information content (AvgIpc) is 4.15. The number of fused-ring (bicyclic) bond motifs is 3. The van der Waals surface area contributed by atoms with Crippen LogP contribution in [0, 0.1) is 23.7 Å². The van der Waals surface area contributed by atoms with Crippen molar-refractivity contribution in [2.75, 3.05) is 13.2 Å². The van der Waals surface area contributed by atoms with E-state index in [1.54, 1.807) is 11.1 Å². The standard InChI is InChI=1S/C69H94O2S2/c1-9-11-13-15-17-19-45-69(46-20-18-16-14-12-10-2)63-49-57(67-41-39-65(72-67)55-27-33-59(34-28-55)70-47-43-53(7)25-21-23-51(3)4)31-37-61(63)62-38-32-58(50-64(62)69)68-42-40-66(73-68)56-29-35-60(36-30-56)71-48-44-54(8)26-22-24-52(5)6/h27-42,49-54H,9-26,43-48H2,1-8H3. The molecule has 394 valence electrons. The number of thiophene rings is 2. The molecule has 0 fully saturated rings. The highest BCUT2D eigenvalue weighted by atomic mass is 32.1. The van der Waals surface area contributed by atoms with E-state index in [0.29, 0.717) is 11.8 Å². The maximum absolute atomic E-state index is 6.24. The van der Waals surface area contributed by atoms with Crippen LogP contribution in [0.1, 0.15) is 208 Å². The van der Waals surface area contributed by atoms with Gasteiger partial charge in [-0.05, 0) is 179 Å². The summed E-state index contributed by atoms with van der Waals surface area (Å²) in [6, 6.07) is 42.1. The lowest BCUT2D eigenvalue weighted by molar-refractivity contribution is 0.275. The van der Waals surface area contributed by atoms with E-state index in [4.69, 9.17) is 9.47 Å². The lowest BCUT2D eigenvalue weighted by Crippen LogP contribution is -2.25. The molecule has 2 heterocycles. The summed E-state index contributed by atoms with van der Waals surface area (Å²) in [7, 11) is 0. The lowest BCUT2D eigenvalue weighted by Gasteiger charge is -2.33. The Kier molecular flexibility index (Phi) is 22.7. The van der Waals surface area contributed by atoms with E-state index >= 15 is 0 Å². The second kappa shape index (κ2) is 29.3. The number of hydrogen-bond donors (Lipinski definition) is 0. The van der Waals surface area contributed by atoms with Crippen molar-refractivity contribution in [2.24, 2.45) is 23.7 Å². The second-order valence-corrected chi connectivity index (χ2v) is 25.3. The molecule has 4 heteroatoms. The van der Waals surface area contributed by atoms with Gasteiger partial charge in [-0.2, -0.15) is 0 Å².